The van der Waals surface area contributed by atoms with Crippen molar-refractivity contribution in [1.82, 2.24) is 4.98 Å². The third-order valence-electron chi connectivity index (χ3n) is 1.46. The SMILES string of the molecule is CC.CC(C)(C)c1cc[nH]c1. The Bertz CT molecular complexity index is 167. The van der Waals surface area contributed by atoms with Crippen molar-refractivity contribution >= 4 is 0 Å². The summed E-state index contributed by atoms with van der Waals surface area (Å²) in [6, 6.07) is 2.11. The molecule has 64 valence electrons. The molecule has 0 fully saturated rings. The Morgan fingerprint density at radius 1 is 1.18 bits per heavy atom. The van der Waals surface area contributed by atoms with Crippen LogP contribution in [0.2, 0.25) is 0 Å². The highest BCUT2D eigenvalue weighted by atomic mass is 14.6. The molecule has 1 heteroatoms. The van der Waals surface area contributed by atoms with E-state index < -0.39 is 0 Å². The van der Waals surface area contributed by atoms with E-state index in [2.05, 4.69) is 31.8 Å². The standard InChI is InChI=1S/C8H13N.C2H6/c1-8(2,3)7-4-5-9-6-7;1-2/h4-6,9H,1-3H3;1-2H3. The summed E-state index contributed by atoms with van der Waals surface area (Å²) in [4.78, 5) is 3.04. The zero-order chi connectivity index (χ0) is 8.91. The lowest BCUT2D eigenvalue weighted by Gasteiger charge is -2.15. The summed E-state index contributed by atoms with van der Waals surface area (Å²) in [5.74, 6) is 0. The summed E-state index contributed by atoms with van der Waals surface area (Å²) in [7, 11) is 0. The van der Waals surface area contributed by atoms with Crippen LogP contribution in [0, 0.1) is 0 Å². The molecule has 0 unspecified atom stereocenters. The average molecular weight is 153 g/mol. The van der Waals surface area contributed by atoms with Crippen LogP contribution in [-0.2, 0) is 5.41 Å². The van der Waals surface area contributed by atoms with Crippen LogP contribution in [0.3, 0.4) is 0 Å². The van der Waals surface area contributed by atoms with Gasteiger partial charge in [0.1, 0.15) is 0 Å². The number of H-pyrrole nitrogens is 1. The molecular formula is C10H19N. The van der Waals surface area contributed by atoms with Gasteiger partial charge >= 0.3 is 0 Å². The Balaban J connectivity index is 0.000000461. The Labute approximate surface area is 69.8 Å². The zero-order valence-corrected chi connectivity index (χ0v) is 8.23. The lowest BCUT2D eigenvalue weighted by molar-refractivity contribution is 0.591. The van der Waals surface area contributed by atoms with E-state index in [0.29, 0.717) is 5.41 Å². The first-order valence-electron chi connectivity index (χ1n) is 4.24. The number of hydrogen-bond acceptors (Lipinski definition) is 0. The highest BCUT2D eigenvalue weighted by Gasteiger charge is 2.12. The molecule has 0 aliphatic rings. The molecule has 0 amide bonds. The van der Waals surface area contributed by atoms with Gasteiger partial charge in [-0.25, -0.2) is 0 Å². The molecule has 0 saturated heterocycles. The number of hydrogen-bond donors (Lipinski definition) is 1. The summed E-state index contributed by atoms with van der Waals surface area (Å²) in [6.07, 6.45) is 4.00. The minimum Gasteiger partial charge on any atom is -0.367 e. The van der Waals surface area contributed by atoms with Crippen LogP contribution in [-0.4, -0.2) is 4.98 Å². The Morgan fingerprint density at radius 3 is 1.91 bits per heavy atom. The molecule has 1 aromatic heterocycles. The minimum atomic E-state index is 0.292. The molecule has 0 spiro atoms. The number of rotatable bonds is 0. The average Bonchev–Trinajstić information content (AvgIpc) is 2.40. The molecule has 11 heavy (non-hydrogen) atoms. The predicted octanol–water partition coefficient (Wildman–Crippen LogP) is 3.34. The highest BCUT2D eigenvalue weighted by Crippen LogP contribution is 2.20. The second-order valence-electron chi connectivity index (χ2n) is 3.35. The van der Waals surface area contributed by atoms with Crippen molar-refractivity contribution < 1.29 is 0 Å². The van der Waals surface area contributed by atoms with Gasteiger partial charge in [0.25, 0.3) is 0 Å². The van der Waals surface area contributed by atoms with Crippen molar-refractivity contribution in [2.75, 3.05) is 0 Å². The molecule has 0 aliphatic carbocycles. The fourth-order valence-electron chi connectivity index (χ4n) is 0.790. The van der Waals surface area contributed by atoms with Crippen molar-refractivity contribution in [3.63, 3.8) is 0 Å². The van der Waals surface area contributed by atoms with Crippen molar-refractivity contribution in [3.05, 3.63) is 24.0 Å². The van der Waals surface area contributed by atoms with Gasteiger partial charge in [0.05, 0.1) is 0 Å². The van der Waals surface area contributed by atoms with Gasteiger partial charge in [0.2, 0.25) is 0 Å². The van der Waals surface area contributed by atoms with Gasteiger partial charge in [-0.2, -0.15) is 0 Å². The molecule has 0 radical (unpaired) electrons. The van der Waals surface area contributed by atoms with Crippen LogP contribution in [0.25, 0.3) is 0 Å². The molecule has 0 aromatic carbocycles. The van der Waals surface area contributed by atoms with Gasteiger partial charge in [-0.1, -0.05) is 34.6 Å². The summed E-state index contributed by atoms with van der Waals surface area (Å²) < 4.78 is 0. The van der Waals surface area contributed by atoms with E-state index in [0.717, 1.165) is 0 Å². The maximum absolute atomic E-state index is 3.04. The lowest BCUT2D eigenvalue weighted by Crippen LogP contribution is -2.08. The normalized spacial score (nSPS) is 10.3. The minimum absolute atomic E-state index is 0.292. The van der Waals surface area contributed by atoms with Crippen LogP contribution in [0.15, 0.2) is 18.5 Å². The van der Waals surface area contributed by atoms with E-state index in [1.807, 2.05) is 26.2 Å². The predicted molar refractivity (Wildman–Crippen MR) is 50.8 cm³/mol. The van der Waals surface area contributed by atoms with Gasteiger partial charge in [-0.15, -0.1) is 0 Å². The summed E-state index contributed by atoms with van der Waals surface area (Å²) >= 11 is 0. The van der Waals surface area contributed by atoms with Crippen LogP contribution < -0.4 is 0 Å². The molecule has 0 bridgehead atoms. The van der Waals surface area contributed by atoms with Crippen molar-refractivity contribution in [2.45, 2.75) is 40.0 Å². The summed E-state index contributed by atoms with van der Waals surface area (Å²) in [5, 5.41) is 0. The smallest absolute Gasteiger partial charge is 0.00426 e. The Kier molecular flexibility index (Phi) is 3.94. The fraction of sp³-hybridized carbons (Fsp3) is 0.600. The first-order valence-corrected chi connectivity index (χ1v) is 4.24. The van der Waals surface area contributed by atoms with E-state index in [4.69, 9.17) is 0 Å². The molecule has 1 aromatic rings. The van der Waals surface area contributed by atoms with Gasteiger partial charge in [0.15, 0.2) is 0 Å². The zero-order valence-electron chi connectivity index (χ0n) is 8.23. The van der Waals surface area contributed by atoms with Crippen molar-refractivity contribution in [1.29, 1.82) is 0 Å². The topological polar surface area (TPSA) is 15.8 Å². The maximum Gasteiger partial charge on any atom is 0.00426 e. The summed E-state index contributed by atoms with van der Waals surface area (Å²) in [5.41, 5.74) is 1.66. The van der Waals surface area contributed by atoms with E-state index in [-0.39, 0.29) is 0 Å². The first kappa shape index (κ1) is 10.3. The third kappa shape index (κ3) is 3.26. The van der Waals surface area contributed by atoms with Crippen LogP contribution >= 0.6 is 0 Å². The van der Waals surface area contributed by atoms with E-state index in [1.54, 1.807) is 0 Å². The van der Waals surface area contributed by atoms with Gasteiger partial charge < -0.3 is 4.98 Å². The molecule has 0 aliphatic heterocycles. The van der Waals surface area contributed by atoms with Gasteiger partial charge in [-0.3, -0.25) is 0 Å². The van der Waals surface area contributed by atoms with Crippen LogP contribution in [0.5, 0.6) is 0 Å². The first-order chi connectivity index (χ1) is 5.11. The monoisotopic (exact) mass is 153 g/mol. The number of aromatic nitrogens is 1. The van der Waals surface area contributed by atoms with Crippen LogP contribution in [0.1, 0.15) is 40.2 Å². The Hall–Kier alpha value is -0.720. The van der Waals surface area contributed by atoms with Crippen LogP contribution in [0.4, 0.5) is 0 Å². The number of aromatic amines is 1. The molecular weight excluding hydrogens is 134 g/mol. The largest absolute Gasteiger partial charge is 0.367 e. The summed E-state index contributed by atoms with van der Waals surface area (Å²) in [6.45, 7) is 10.6. The van der Waals surface area contributed by atoms with E-state index in [1.165, 1.54) is 5.56 Å². The van der Waals surface area contributed by atoms with Gasteiger partial charge in [-0.05, 0) is 17.0 Å². The highest BCUT2D eigenvalue weighted by molar-refractivity contribution is 5.17. The molecule has 0 atom stereocenters. The maximum atomic E-state index is 3.04. The molecule has 0 saturated carbocycles. The van der Waals surface area contributed by atoms with Crippen molar-refractivity contribution in [2.24, 2.45) is 0 Å². The lowest BCUT2D eigenvalue weighted by atomic mass is 9.89. The molecule has 1 nitrogen and oxygen atoms in total. The van der Waals surface area contributed by atoms with E-state index in [9.17, 15) is 0 Å². The quantitative estimate of drug-likeness (QED) is 0.588. The molecule has 1 N–H and O–H groups in total. The Morgan fingerprint density at radius 2 is 1.73 bits per heavy atom. The van der Waals surface area contributed by atoms with Crippen molar-refractivity contribution in [3.8, 4) is 0 Å². The second-order valence-corrected chi connectivity index (χ2v) is 3.35. The number of nitrogens with one attached hydrogen (secondary N) is 1. The second kappa shape index (κ2) is 4.22. The molecule has 1 rings (SSSR count). The van der Waals surface area contributed by atoms with E-state index >= 15 is 0 Å². The fourth-order valence-corrected chi connectivity index (χ4v) is 0.790. The third-order valence-corrected chi connectivity index (χ3v) is 1.46. The molecule has 1 heterocycles. The van der Waals surface area contributed by atoms with Gasteiger partial charge in [0, 0.05) is 12.4 Å².